The number of hydrogen-bond donors (Lipinski definition) is 3. The zero-order valence-corrected chi connectivity index (χ0v) is 10.4. The van der Waals surface area contributed by atoms with Gasteiger partial charge in [0.25, 0.3) is 0 Å². The molecule has 3 atom stereocenters. The van der Waals surface area contributed by atoms with Crippen LogP contribution >= 0.6 is 0 Å². The van der Waals surface area contributed by atoms with Gasteiger partial charge in [0.1, 0.15) is 18.7 Å². The molecule has 1 fully saturated rings. The first-order valence-electron chi connectivity index (χ1n) is 5.64. The number of hydrogen-bond acceptors (Lipinski definition) is 6. The van der Waals surface area contributed by atoms with Crippen molar-refractivity contribution in [1.29, 1.82) is 0 Å². The third kappa shape index (κ3) is 2.91. The van der Waals surface area contributed by atoms with Crippen molar-refractivity contribution in [3.63, 3.8) is 0 Å². The normalized spacial score (nSPS) is 31.3. The number of aliphatic hydroxyl groups excluding tert-OH is 3. The van der Waals surface area contributed by atoms with Gasteiger partial charge in [0.05, 0.1) is 19.5 Å². The summed E-state index contributed by atoms with van der Waals surface area (Å²) in [4.78, 5) is 5.39. The Kier molecular flexibility index (Phi) is 4.66. The van der Waals surface area contributed by atoms with Crippen molar-refractivity contribution in [2.45, 2.75) is 52.5 Å². The van der Waals surface area contributed by atoms with Crippen LogP contribution in [0.15, 0.2) is 0 Å². The van der Waals surface area contributed by atoms with Gasteiger partial charge in [-0.15, -0.1) is 0 Å². The molecular weight excluding hydrogens is 210 g/mol. The van der Waals surface area contributed by atoms with E-state index in [1.165, 1.54) is 0 Å². The van der Waals surface area contributed by atoms with Gasteiger partial charge in [0.2, 0.25) is 0 Å². The van der Waals surface area contributed by atoms with Crippen LogP contribution in [0.3, 0.4) is 0 Å². The maximum atomic E-state index is 9.66. The van der Waals surface area contributed by atoms with E-state index in [9.17, 15) is 15.3 Å². The number of nitrogens with zero attached hydrogens (tertiary/aromatic N) is 3. The second kappa shape index (κ2) is 5.39. The predicted molar refractivity (Wildman–Crippen MR) is 59.8 cm³/mol. The molecule has 1 rings (SSSR count). The Bertz CT molecular complexity index is 205. The average Bonchev–Trinajstić information content (AvgIpc) is 2.16. The van der Waals surface area contributed by atoms with Crippen LogP contribution in [0.25, 0.3) is 0 Å². The van der Waals surface area contributed by atoms with Crippen LogP contribution in [0.4, 0.5) is 0 Å². The van der Waals surface area contributed by atoms with Gasteiger partial charge in [-0.25, -0.2) is 9.80 Å². The fraction of sp³-hybridized carbons (Fsp3) is 1.00. The van der Waals surface area contributed by atoms with Crippen molar-refractivity contribution in [1.82, 2.24) is 14.7 Å². The highest BCUT2D eigenvalue weighted by Crippen LogP contribution is 2.19. The van der Waals surface area contributed by atoms with Gasteiger partial charge in [0.15, 0.2) is 0 Å². The molecule has 1 aliphatic heterocycles. The van der Waals surface area contributed by atoms with E-state index in [1.807, 2.05) is 16.7 Å². The SMILES string of the molecule is CC(O)N1CN(C(C)O)C(C)N(C(C)O)C1. The van der Waals surface area contributed by atoms with E-state index in [-0.39, 0.29) is 6.17 Å². The fourth-order valence-electron chi connectivity index (χ4n) is 1.99. The standard InChI is InChI=1S/C10H23N3O3/c1-7-12(9(3)15)5-11(8(2)14)6-13(7)10(4)16/h7-10,14-16H,5-6H2,1-4H3. The maximum Gasteiger partial charge on any atom is 0.106 e. The number of rotatable bonds is 3. The molecule has 96 valence electrons. The monoisotopic (exact) mass is 233 g/mol. The molecule has 0 bridgehead atoms. The van der Waals surface area contributed by atoms with Crippen LogP contribution in [0.5, 0.6) is 0 Å². The highest BCUT2D eigenvalue weighted by Gasteiger charge is 2.35. The Balaban J connectivity index is 2.80. The lowest BCUT2D eigenvalue weighted by Gasteiger charge is -2.49. The summed E-state index contributed by atoms with van der Waals surface area (Å²) in [6.07, 6.45) is -1.89. The molecule has 0 spiro atoms. The minimum absolute atomic E-state index is 0.0602. The third-order valence-electron chi connectivity index (χ3n) is 3.14. The number of aliphatic hydroxyl groups is 3. The topological polar surface area (TPSA) is 70.4 Å². The molecule has 0 aromatic heterocycles. The summed E-state index contributed by atoms with van der Waals surface area (Å²) in [5, 5.41) is 28.9. The van der Waals surface area contributed by atoms with E-state index < -0.39 is 18.7 Å². The van der Waals surface area contributed by atoms with Gasteiger partial charge in [-0.1, -0.05) is 0 Å². The van der Waals surface area contributed by atoms with Crippen molar-refractivity contribution in [3.05, 3.63) is 0 Å². The van der Waals surface area contributed by atoms with Crippen molar-refractivity contribution >= 4 is 0 Å². The molecule has 0 aliphatic carbocycles. The molecule has 16 heavy (non-hydrogen) atoms. The van der Waals surface area contributed by atoms with E-state index in [1.54, 1.807) is 25.7 Å². The Hall–Kier alpha value is -0.240. The Labute approximate surface area is 96.7 Å². The van der Waals surface area contributed by atoms with Crippen LogP contribution in [0.2, 0.25) is 0 Å². The maximum absolute atomic E-state index is 9.66. The van der Waals surface area contributed by atoms with E-state index in [0.29, 0.717) is 13.3 Å². The molecule has 3 N–H and O–H groups in total. The highest BCUT2D eigenvalue weighted by atomic mass is 16.3. The molecular formula is C10H23N3O3. The molecule has 0 amide bonds. The minimum atomic E-state index is -0.613. The molecule has 1 aliphatic rings. The average molecular weight is 233 g/mol. The van der Waals surface area contributed by atoms with Crippen LogP contribution < -0.4 is 0 Å². The Morgan fingerprint density at radius 3 is 1.50 bits per heavy atom. The first kappa shape index (κ1) is 13.8. The fourth-order valence-corrected chi connectivity index (χ4v) is 1.99. The van der Waals surface area contributed by atoms with Gasteiger partial charge >= 0.3 is 0 Å². The van der Waals surface area contributed by atoms with Crippen LogP contribution in [0.1, 0.15) is 27.7 Å². The molecule has 3 unspecified atom stereocenters. The highest BCUT2D eigenvalue weighted by molar-refractivity contribution is 4.77. The lowest BCUT2D eigenvalue weighted by molar-refractivity contribution is -0.206. The quantitative estimate of drug-likeness (QED) is 0.592. The van der Waals surface area contributed by atoms with Gasteiger partial charge in [-0.3, -0.25) is 4.90 Å². The summed E-state index contributed by atoms with van der Waals surface area (Å²) in [6.45, 7) is 7.94. The van der Waals surface area contributed by atoms with E-state index >= 15 is 0 Å². The van der Waals surface area contributed by atoms with Crippen LogP contribution in [-0.4, -0.2) is 68.2 Å². The summed E-state index contributed by atoms with van der Waals surface area (Å²) < 4.78 is 0. The minimum Gasteiger partial charge on any atom is -0.379 e. The van der Waals surface area contributed by atoms with Crippen molar-refractivity contribution < 1.29 is 15.3 Å². The van der Waals surface area contributed by atoms with Gasteiger partial charge < -0.3 is 15.3 Å². The lowest BCUT2D eigenvalue weighted by Crippen LogP contribution is -2.65. The van der Waals surface area contributed by atoms with Gasteiger partial charge in [0, 0.05) is 0 Å². The van der Waals surface area contributed by atoms with Gasteiger partial charge in [-0.2, -0.15) is 0 Å². The zero-order chi connectivity index (χ0) is 12.5. The van der Waals surface area contributed by atoms with E-state index in [4.69, 9.17) is 0 Å². The third-order valence-corrected chi connectivity index (χ3v) is 3.14. The summed E-state index contributed by atoms with van der Waals surface area (Å²) in [6, 6.07) is 0. The van der Waals surface area contributed by atoms with Crippen molar-refractivity contribution in [2.24, 2.45) is 0 Å². The zero-order valence-electron chi connectivity index (χ0n) is 10.4. The molecule has 1 saturated heterocycles. The van der Waals surface area contributed by atoms with Crippen LogP contribution in [-0.2, 0) is 0 Å². The first-order valence-corrected chi connectivity index (χ1v) is 5.64. The van der Waals surface area contributed by atoms with E-state index in [2.05, 4.69) is 0 Å². The molecule has 0 aromatic carbocycles. The second-order valence-electron chi connectivity index (χ2n) is 4.43. The second-order valence-corrected chi connectivity index (χ2v) is 4.43. The molecule has 0 saturated carbocycles. The molecule has 0 radical (unpaired) electrons. The molecule has 0 aromatic rings. The predicted octanol–water partition coefficient (Wildman–Crippen LogP) is -0.818. The Morgan fingerprint density at radius 1 is 0.875 bits per heavy atom. The first-order chi connectivity index (χ1) is 7.34. The van der Waals surface area contributed by atoms with Gasteiger partial charge in [-0.05, 0) is 27.7 Å². The largest absolute Gasteiger partial charge is 0.379 e. The van der Waals surface area contributed by atoms with Crippen molar-refractivity contribution in [2.75, 3.05) is 13.3 Å². The summed E-state index contributed by atoms with van der Waals surface area (Å²) in [5.41, 5.74) is 0. The summed E-state index contributed by atoms with van der Waals surface area (Å²) in [7, 11) is 0. The smallest absolute Gasteiger partial charge is 0.106 e. The van der Waals surface area contributed by atoms with Crippen molar-refractivity contribution in [3.8, 4) is 0 Å². The van der Waals surface area contributed by atoms with Crippen LogP contribution in [0, 0.1) is 0 Å². The molecule has 6 nitrogen and oxygen atoms in total. The lowest BCUT2D eigenvalue weighted by atomic mass is 10.3. The molecule has 6 heteroatoms. The molecule has 1 heterocycles. The van der Waals surface area contributed by atoms with E-state index in [0.717, 1.165) is 0 Å². The summed E-state index contributed by atoms with van der Waals surface area (Å²) in [5.74, 6) is 0. The Morgan fingerprint density at radius 2 is 1.25 bits per heavy atom. The summed E-state index contributed by atoms with van der Waals surface area (Å²) >= 11 is 0.